The van der Waals surface area contributed by atoms with Crippen LogP contribution >= 0.6 is 11.9 Å². The van der Waals surface area contributed by atoms with Crippen LogP contribution in [0.5, 0.6) is 5.75 Å². The van der Waals surface area contributed by atoms with E-state index in [-0.39, 0.29) is 0 Å². The maximum absolute atomic E-state index is 13.2. The second-order valence-electron chi connectivity index (χ2n) is 6.44. The first-order valence-electron chi connectivity index (χ1n) is 8.97. The maximum atomic E-state index is 13.2. The van der Waals surface area contributed by atoms with E-state index in [1.54, 1.807) is 25.3 Å². The van der Waals surface area contributed by atoms with Gasteiger partial charge in [-0.25, -0.2) is 4.31 Å². The molecule has 1 aliphatic rings. The van der Waals surface area contributed by atoms with Gasteiger partial charge < -0.3 is 10.1 Å². The van der Waals surface area contributed by atoms with Gasteiger partial charge in [-0.3, -0.25) is 4.79 Å². The number of halogens is 3. The monoisotopic (exact) mass is 410 g/mol. The van der Waals surface area contributed by atoms with Gasteiger partial charge in [0.1, 0.15) is 5.75 Å². The molecular formula is C20H21F3N2O2S. The average molecular weight is 410 g/mol. The van der Waals surface area contributed by atoms with E-state index in [0.29, 0.717) is 11.4 Å². The van der Waals surface area contributed by atoms with Crippen molar-refractivity contribution in [3.8, 4) is 5.75 Å². The molecule has 1 N–H and O–H groups in total. The van der Waals surface area contributed by atoms with Crippen LogP contribution < -0.4 is 10.1 Å². The summed E-state index contributed by atoms with van der Waals surface area (Å²) in [5.41, 5.74) is -0.942. The number of anilines is 1. The van der Waals surface area contributed by atoms with Gasteiger partial charge in [-0.2, -0.15) is 13.2 Å². The minimum Gasteiger partial charge on any atom is -0.496 e. The zero-order valence-corrected chi connectivity index (χ0v) is 16.2. The number of nitrogens with one attached hydrogen (secondary N) is 1. The number of piperidine rings is 1. The van der Waals surface area contributed by atoms with Gasteiger partial charge in [0.15, 0.2) is 0 Å². The third kappa shape index (κ3) is 4.99. The van der Waals surface area contributed by atoms with Crippen LogP contribution in [-0.4, -0.2) is 30.4 Å². The molecule has 0 spiro atoms. The number of alkyl halides is 3. The Hall–Kier alpha value is -2.19. The lowest BCUT2D eigenvalue weighted by Gasteiger charge is -2.25. The zero-order valence-electron chi connectivity index (χ0n) is 15.4. The minimum atomic E-state index is -4.59. The summed E-state index contributed by atoms with van der Waals surface area (Å²) in [5, 5.41) is 2.57. The van der Waals surface area contributed by atoms with Crippen molar-refractivity contribution in [2.75, 3.05) is 25.5 Å². The Bertz CT molecular complexity index is 836. The second-order valence-corrected chi connectivity index (χ2v) is 7.58. The molecular weight excluding hydrogens is 389 g/mol. The Morgan fingerprint density at radius 1 is 1.11 bits per heavy atom. The van der Waals surface area contributed by atoms with Crippen molar-refractivity contribution in [3.63, 3.8) is 0 Å². The summed E-state index contributed by atoms with van der Waals surface area (Å²) in [6, 6.07) is 9.80. The van der Waals surface area contributed by atoms with Crippen molar-refractivity contribution in [3.05, 3.63) is 53.6 Å². The number of carbonyl (C=O) groups excluding carboxylic acids is 1. The number of ether oxygens (including phenoxy) is 1. The van der Waals surface area contributed by atoms with Gasteiger partial charge in [-0.15, -0.1) is 0 Å². The molecule has 8 heteroatoms. The van der Waals surface area contributed by atoms with Gasteiger partial charge in [0.25, 0.3) is 5.91 Å². The molecule has 0 radical (unpaired) electrons. The molecule has 1 fully saturated rings. The fraction of sp³-hybridized carbons (Fsp3) is 0.350. The van der Waals surface area contributed by atoms with Crippen molar-refractivity contribution in [2.24, 2.45) is 0 Å². The van der Waals surface area contributed by atoms with Crippen LogP contribution in [-0.2, 0) is 6.18 Å². The third-order valence-electron chi connectivity index (χ3n) is 4.44. The molecule has 0 saturated carbocycles. The van der Waals surface area contributed by atoms with E-state index >= 15 is 0 Å². The fourth-order valence-electron chi connectivity index (χ4n) is 3.05. The van der Waals surface area contributed by atoms with E-state index in [1.807, 2.05) is 0 Å². The van der Waals surface area contributed by atoms with E-state index in [0.717, 1.165) is 36.9 Å². The minimum absolute atomic E-state index is 0.406. The normalized spacial score (nSPS) is 15.3. The average Bonchev–Trinajstić information content (AvgIpc) is 2.68. The molecule has 1 saturated heterocycles. The van der Waals surface area contributed by atoms with Gasteiger partial charge >= 0.3 is 6.18 Å². The summed E-state index contributed by atoms with van der Waals surface area (Å²) in [7, 11) is 1.56. The topological polar surface area (TPSA) is 41.6 Å². The van der Waals surface area contributed by atoms with E-state index in [9.17, 15) is 18.0 Å². The van der Waals surface area contributed by atoms with E-state index in [1.165, 1.54) is 36.6 Å². The van der Waals surface area contributed by atoms with E-state index < -0.39 is 23.2 Å². The summed E-state index contributed by atoms with van der Waals surface area (Å²) in [6.45, 7) is 1.92. The number of benzene rings is 2. The number of hydrogen-bond donors (Lipinski definition) is 1. The van der Waals surface area contributed by atoms with Crippen LogP contribution in [0.25, 0.3) is 0 Å². The Morgan fingerprint density at radius 2 is 1.82 bits per heavy atom. The molecule has 0 aliphatic carbocycles. The summed E-state index contributed by atoms with van der Waals surface area (Å²) in [5.74, 6) is -0.142. The highest BCUT2D eigenvalue weighted by Gasteiger charge is 2.34. The summed E-state index contributed by atoms with van der Waals surface area (Å²) < 4.78 is 47.1. The van der Waals surface area contributed by atoms with Gasteiger partial charge in [0.05, 0.1) is 23.1 Å². The van der Waals surface area contributed by atoms with Crippen LogP contribution in [0.15, 0.2) is 47.4 Å². The second kappa shape index (κ2) is 8.87. The third-order valence-corrected chi connectivity index (χ3v) is 5.58. The lowest BCUT2D eigenvalue weighted by Crippen LogP contribution is -2.23. The van der Waals surface area contributed by atoms with Crippen molar-refractivity contribution in [1.82, 2.24) is 4.31 Å². The van der Waals surface area contributed by atoms with Gasteiger partial charge in [0, 0.05) is 18.8 Å². The molecule has 0 aromatic heterocycles. The van der Waals surface area contributed by atoms with Gasteiger partial charge in [-0.05, 0) is 55.1 Å². The molecule has 1 aliphatic heterocycles. The first kappa shape index (κ1) is 20.5. The van der Waals surface area contributed by atoms with Crippen LogP contribution in [0.1, 0.15) is 35.2 Å². The van der Waals surface area contributed by atoms with E-state index in [2.05, 4.69) is 9.62 Å². The van der Waals surface area contributed by atoms with Crippen LogP contribution in [0.2, 0.25) is 0 Å². The van der Waals surface area contributed by atoms with Crippen LogP contribution in [0, 0.1) is 0 Å². The smallest absolute Gasteiger partial charge is 0.417 e. The number of rotatable bonds is 5. The Kier molecular flexibility index (Phi) is 6.51. The summed E-state index contributed by atoms with van der Waals surface area (Å²) >= 11 is 1.54. The van der Waals surface area contributed by atoms with E-state index in [4.69, 9.17) is 4.74 Å². The highest BCUT2D eigenvalue weighted by molar-refractivity contribution is 7.97. The standard InChI is InChI=1S/C20H21F3N2O2S/c1-27-17-10-9-14(13-18(17)28-25-11-5-2-6-12-25)24-19(26)15-7-3-4-8-16(15)20(21,22)23/h3-4,7-10,13H,2,5-6,11-12H2,1H3,(H,24,26). The highest BCUT2D eigenvalue weighted by Crippen LogP contribution is 2.36. The lowest BCUT2D eigenvalue weighted by atomic mass is 10.1. The summed E-state index contributed by atoms with van der Waals surface area (Å²) in [4.78, 5) is 13.3. The molecule has 3 rings (SSSR count). The zero-order chi connectivity index (χ0) is 20.1. The fourth-order valence-corrected chi connectivity index (χ4v) is 4.19. The quantitative estimate of drug-likeness (QED) is 0.665. The molecule has 4 nitrogen and oxygen atoms in total. The summed E-state index contributed by atoms with van der Waals surface area (Å²) in [6.07, 6.45) is -1.13. The molecule has 2 aromatic carbocycles. The molecule has 1 amide bonds. The van der Waals surface area contributed by atoms with Gasteiger partial charge in [-0.1, -0.05) is 18.6 Å². The molecule has 2 aromatic rings. The van der Waals surface area contributed by atoms with Crippen molar-refractivity contribution in [1.29, 1.82) is 0 Å². The van der Waals surface area contributed by atoms with Crippen LogP contribution in [0.4, 0.5) is 18.9 Å². The first-order valence-corrected chi connectivity index (χ1v) is 9.74. The SMILES string of the molecule is COc1ccc(NC(=O)c2ccccc2C(F)(F)F)cc1SN1CCCCC1. The lowest BCUT2D eigenvalue weighted by molar-refractivity contribution is -0.137. The molecule has 1 heterocycles. The highest BCUT2D eigenvalue weighted by atomic mass is 32.2. The Balaban J connectivity index is 1.81. The van der Waals surface area contributed by atoms with Crippen LogP contribution in [0.3, 0.4) is 0 Å². The molecule has 28 heavy (non-hydrogen) atoms. The number of hydrogen-bond acceptors (Lipinski definition) is 4. The molecule has 150 valence electrons. The first-order chi connectivity index (χ1) is 13.4. The number of nitrogens with zero attached hydrogens (tertiary/aromatic N) is 1. The number of methoxy groups -OCH3 is 1. The predicted octanol–water partition coefficient (Wildman–Crippen LogP) is 5.46. The predicted molar refractivity (Wildman–Crippen MR) is 104 cm³/mol. The molecule has 0 atom stereocenters. The van der Waals surface area contributed by atoms with Crippen molar-refractivity contribution in [2.45, 2.75) is 30.3 Å². The molecule has 0 unspecified atom stereocenters. The van der Waals surface area contributed by atoms with Gasteiger partial charge in [0.2, 0.25) is 0 Å². The largest absolute Gasteiger partial charge is 0.496 e. The Morgan fingerprint density at radius 3 is 2.50 bits per heavy atom. The molecule has 0 bridgehead atoms. The maximum Gasteiger partial charge on any atom is 0.417 e. The number of amides is 1. The Labute approximate surface area is 166 Å². The van der Waals surface area contributed by atoms with Crippen molar-refractivity contribution >= 4 is 23.5 Å². The van der Waals surface area contributed by atoms with Crippen molar-refractivity contribution < 1.29 is 22.7 Å². The number of carbonyl (C=O) groups is 1.